The number of hydrogen-bond acceptors (Lipinski definition) is 6. The van der Waals surface area contributed by atoms with E-state index in [1.165, 1.54) is 12.1 Å². The zero-order chi connectivity index (χ0) is 24.8. The minimum atomic E-state index is -0.529. The summed E-state index contributed by atoms with van der Waals surface area (Å²) in [6.45, 7) is 0.786. The van der Waals surface area contributed by atoms with E-state index in [4.69, 9.17) is 4.98 Å². The number of aromatic hydroxyl groups is 1. The first-order valence-electron chi connectivity index (χ1n) is 11.4. The van der Waals surface area contributed by atoms with Crippen molar-refractivity contribution in [1.29, 1.82) is 0 Å². The Morgan fingerprint density at radius 2 is 1.83 bits per heavy atom. The third-order valence-electron chi connectivity index (χ3n) is 5.96. The molecule has 0 amide bonds. The molecular formula is C27H22FN7O. The fraction of sp³-hybridized carbons (Fsp3) is 0.111. The highest BCUT2D eigenvalue weighted by molar-refractivity contribution is 5.99. The van der Waals surface area contributed by atoms with Crippen molar-refractivity contribution in [3.8, 4) is 39.7 Å². The van der Waals surface area contributed by atoms with E-state index in [9.17, 15) is 9.50 Å². The van der Waals surface area contributed by atoms with Gasteiger partial charge in [0.25, 0.3) is 0 Å². The number of hydrogen-bond donors (Lipinski definition) is 3. The predicted molar refractivity (Wildman–Crippen MR) is 137 cm³/mol. The van der Waals surface area contributed by atoms with Crippen LogP contribution >= 0.6 is 0 Å². The molecule has 5 heterocycles. The number of nitrogens with one attached hydrogen (secondary N) is 2. The van der Waals surface area contributed by atoms with Gasteiger partial charge in [-0.25, -0.2) is 9.37 Å². The average molecular weight is 480 g/mol. The van der Waals surface area contributed by atoms with Gasteiger partial charge in [-0.2, -0.15) is 5.10 Å². The lowest BCUT2D eigenvalue weighted by Crippen LogP contribution is -2.10. The van der Waals surface area contributed by atoms with Gasteiger partial charge in [-0.1, -0.05) is 0 Å². The van der Waals surface area contributed by atoms with E-state index in [2.05, 4.69) is 36.1 Å². The standard InChI is InChI=1S/C27H22FN7O/c1-35(2)14-15-7-17(13-29-12-15)21-3-4-23-26(32-21)27(34-33-23)24-11-20-22(31-24)5-6-30-25(20)16-8-18(28)10-19(36)9-16/h3-13,31,36H,14H2,1-2H3,(H,33,34). The van der Waals surface area contributed by atoms with Crippen LogP contribution in [0.4, 0.5) is 4.39 Å². The molecule has 0 atom stereocenters. The summed E-state index contributed by atoms with van der Waals surface area (Å²) in [5.41, 5.74) is 7.61. The van der Waals surface area contributed by atoms with Crippen molar-refractivity contribution < 1.29 is 9.50 Å². The first-order valence-corrected chi connectivity index (χ1v) is 11.4. The summed E-state index contributed by atoms with van der Waals surface area (Å²) in [5, 5.41) is 18.2. The highest BCUT2D eigenvalue weighted by atomic mass is 19.1. The lowest BCUT2D eigenvalue weighted by Gasteiger charge is -2.10. The normalized spacial score (nSPS) is 11.7. The molecule has 0 unspecified atom stereocenters. The molecule has 6 rings (SSSR count). The molecule has 0 saturated carbocycles. The topological polar surface area (TPSA) is 107 Å². The number of fused-ring (bicyclic) bond motifs is 2. The van der Waals surface area contributed by atoms with Crippen molar-refractivity contribution in [2.24, 2.45) is 0 Å². The van der Waals surface area contributed by atoms with E-state index in [1.54, 1.807) is 6.20 Å². The minimum Gasteiger partial charge on any atom is -0.508 e. The van der Waals surface area contributed by atoms with E-state index in [-0.39, 0.29) is 5.75 Å². The van der Waals surface area contributed by atoms with Crippen LogP contribution in [0.3, 0.4) is 0 Å². The van der Waals surface area contributed by atoms with Crippen LogP contribution in [-0.2, 0) is 6.54 Å². The van der Waals surface area contributed by atoms with Gasteiger partial charge >= 0.3 is 0 Å². The largest absolute Gasteiger partial charge is 0.508 e. The Kier molecular flexibility index (Phi) is 5.19. The summed E-state index contributed by atoms with van der Waals surface area (Å²) >= 11 is 0. The maximum atomic E-state index is 14.0. The summed E-state index contributed by atoms with van der Waals surface area (Å²) < 4.78 is 14.0. The summed E-state index contributed by atoms with van der Waals surface area (Å²) in [5.74, 6) is -0.683. The molecule has 0 fully saturated rings. The molecule has 6 aromatic rings. The van der Waals surface area contributed by atoms with Crippen molar-refractivity contribution in [3.63, 3.8) is 0 Å². The summed E-state index contributed by atoms with van der Waals surface area (Å²) in [6, 6.07) is 13.7. The number of H-pyrrole nitrogens is 2. The molecular weight excluding hydrogens is 457 g/mol. The molecule has 178 valence electrons. The van der Waals surface area contributed by atoms with Crippen LogP contribution in [0, 0.1) is 5.82 Å². The van der Waals surface area contributed by atoms with E-state index in [1.807, 2.05) is 50.8 Å². The Morgan fingerprint density at radius 3 is 2.67 bits per heavy atom. The number of aromatic nitrogens is 6. The molecule has 0 spiro atoms. The van der Waals surface area contributed by atoms with Gasteiger partial charge in [0.15, 0.2) is 0 Å². The van der Waals surface area contributed by atoms with E-state index < -0.39 is 5.82 Å². The van der Waals surface area contributed by atoms with Crippen molar-refractivity contribution in [2.45, 2.75) is 6.54 Å². The number of benzene rings is 1. The lowest BCUT2D eigenvalue weighted by atomic mass is 10.1. The van der Waals surface area contributed by atoms with Crippen LogP contribution in [0.1, 0.15) is 5.56 Å². The van der Waals surface area contributed by atoms with Gasteiger partial charge in [-0.3, -0.25) is 15.1 Å². The third kappa shape index (κ3) is 3.95. The zero-order valence-corrected chi connectivity index (χ0v) is 19.6. The zero-order valence-electron chi connectivity index (χ0n) is 19.6. The fourth-order valence-electron chi connectivity index (χ4n) is 4.45. The van der Waals surface area contributed by atoms with Crippen molar-refractivity contribution >= 4 is 21.9 Å². The summed E-state index contributed by atoms with van der Waals surface area (Å²) in [7, 11) is 4.04. The van der Waals surface area contributed by atoms with Crippen LogP contribution in [0.25, 0.3) is 55.8 Å². The average Bonchev–Trinajstić information content (AvgIpc) is 3.46. The van der Waals surface area contributed by atoms with Gasteiger partial charge in [0.2, 0.25) is 0 Å². The number of halogens is 1. The van der Waals surface area contributed by atoms with Crippen LogP contribution < -0.4 is 0 Å². The van der Waals surface area contributed by atoms with Crippen LogP contribution in [0.2, 0.25) is 0 Å². The molecule has 3 N–H and O–H groups in total. The number of nitrogens with zero attached hydrogens (tertiary/aromatic N) is 5. The Bertz CT molecular complexity index is 1720. The first-order chi connectivity index (χ1) is 17.4. The number of pyridine rings is 3. The Morgan fingerprint density at radius 1 is 0.944 bits per heavy atom. The fourth-order valence-corrected chi connectivity index (χ4v) is 4.45. The second kappa shape index (κ2) is 8.54. The van der Waals surface area contributed by atoms with E-state index >= 15 is 0 Å². The smallest absolute Gasteiger partial charge is 0.135 e. The number of phenolic OH excluding ortho intramolecular Hbond substituents is 1. The molecule has 0 aliphatic heterocycles. The molecule has 0 radical (unpaired) electrons. The van der Waals surface area contributed by atoms with E-state index in [0.717, 1.165) is 57.1 Å². The molecule has 0 aliphatic rings. The number of phenols is 1. The monoisotopic (exact) mass is 479 g/mol. The number of aromatic amines is 2. The third-order valence-corrected chi connectivity index (χ3v) is 5.96. The second-order valence-electron chi connectivity index (χ2n) is 8.99. The molecule has 36 heavy (non-hydrogen) atoms. The highest BCUT2D eigenvalue weighted by Crippen LogP contribution is 2.34. The number of rotatable bonds is 5. The van der Waals surface area contributed by atoms with Crippen LogP contribution in [-0.4, -0.2) is 54.2 Å². The van der Waals surface area contributed by atoms with Gasteiger partial charge in [-0.15, -0.1) is 0 Å². The van der Waals surface area contributed by atoms with Gasteiger partial charge in [0.05, 0.1) is 22.6 Å². The van der Waals surface area contributed by atoms with Gasteiger partial charge in [0, 0.05) is 53.2 Å². The first kappa shape index (κ1) is 21.9. The summed E-state index contributed by atoms with van der Waals surface area (Å²) in [4.78, 5) is 19.2. The Labute approximate surface area is 205 Å². The van der Waals surface area contributed by atoms with Crippen LogP contribution in [0.15, 0.2) is 67.1 Å². The van der Waals surface area contributed by atoms with E-state index in [0.29, 0.717) is 17.0 Å². The lowest BCUT2D eigenvalue weighted by molar-refractivity contribution is 0.402. The van der Waals surface area contributed by atoms with Gasteiger partial charge in [-0.05, 0) is 62.1 Å². The molecule has 0 saturated heterocycles. The molecule has 8 nitrogen and oxygen atoms in total. The quantitative estimate of drug-likeness (QED) is 0.316. The molecule has 0 bridgehead atoms. The van der Waals surface area contributed by atoms with Gasteiger partial charge in [0.1, 0.15) is 22.8 Å². The molecule has 5 aromatic heterocycles. The predicted octanol–water partition coefficient (Wildman–Crippen LogP) is 5.14. The molecule has 1 aromatic carbocycles. The SMILES string of the molecule is CN(C)Cc1cncc(-c2ccc3[nH]nc(-c4cc5c(-c6cc(O)cc(F)c6)nccc5[nH]4)c3n2)c1. The maximum absolute atomic E-state index is 14.0. The van der Waals surface area contributed by atoms with Crippen molar-refractivity contribution in [3.05, 3.63) is 78.5 Å². The van der Waals surface area contributed by atoms with Crippen molar-refractivity contribution in [2.75, 3.05) is 14.1 Å². The Hall–Kier alpha value is -4.63. The minimum absolute atomic E-state index is 0.154. The molecule has 0 aliphatic carbocycles. The second-order valence-corrected chi connectivity index (χ2v) is 8.99. The Balaban J connectivity index is 1.45. The maximum Gasteiger partial charge on any atom is 0.135 e. The molecule has 9 heteroatoms. The highest BCUT2D eigenvalue weighted by Gasteiger charge is 2.17. The van der Waals surface area contributed by atoms with Crippen LogP contribution in [0.5, 0.6) is 5.75 Å². The summed E-state index contributed by atoms with van der Waals surface area (Å²) in [6.07, 6.45) is 5.31. The van der Waals surface area contributed by atoms with Gasteiger partial charge < -0.3 is 15.0 Å². The van der Waals surface area contributed by atoms with Crippen molar-refractivity contribution in [1.82, 2.24) is 35.0 Å².